The lowest BCUT2D eigenvalue weighted by Crippen LogP contribution is -2.19. The van der Waals surface area contributed by atoms with Crippen molar-refractivity contribution in [3.8, 4) is 0 Å². The van der Waals surface area contributed by atoms with Gasteiger partial charge >= 0.3 is 0 Å². The Morgan fingerprint density at radius 2 is 2.33 bits per heavy atom. The maximum Gasteiger partial charge on any atom is 0.167 e. The fourth-order valence-corrected chi connectivity index (χ4v) is 1.76. The van der Waals surface area contributed by atoms with Crippen LogP contribution in [0.3, 0.4) is 0 Å². The molecule has 2 atom stereocenters. The minimum atomic E-state index is -0.744. The highest BCUT2D eigenvalue weighted by Crippen LogP contribution is 2.06. The largest absolute Gasteiger partial charge is 0.311 e. The lowest BCUT2D eigenvalue weighted by atomic mass is 10.3. The van der Waals surface area contributed by atoms with Gasteiger partial charge in [-0.3, -0.25) is 4.21 Å². The van der Waals surface area contributed by atoms with Crippen LogP contribution in [0.4, 0.5) is 0 Å². The molecule has 0 saturated heterocycles. The Hall–Kier alpha value is -0.820. The molecule has 1 aromatic rings. The molecule has 6 nitrogen and oxygen atoms in total. The summed E-state index contributed by atoms with van der Waals surface area (Å²) in [5, 5.41) is 14.6. The first-order valence-electron chi connectivity index (χ1n) is 4.88. The highest BCUT2D eigenvalue weighted by atomic mass is 32.2. The number of nitrogens with zero attached hydrogens (tertiary/aromatic N) is 4. The average molecular weight is 231 g/mol. The van der Waals surface area contributed by atoms with Crippen molar-refractivity contribution in [2.24, 2.45) is 0 Å². The van der Waals surface area contributed by atoms with E-state index in [1.54, 1.807) is 10.9 Å². The van der Waals surface area contributed by atoms with Gasteiger partial charge in [-0.15, -0.1) is 5.10 Å². The molecule has 0 amide bonds. The zero-order valence-corrected chi connectivity index (χ0v) is 10.1. The Morgan fingerprint density at radius 1 is 1.60 bits per heavy atom. The van der Waals surface area contributed by atoms with Gasteiger partial charge in [0.1, 0.15) is 0 Å². The maximum absolute atomic E-state index is 10.9. The maximum atomic E-state index is 10.9. The van der Waals surface area contributed by atoms with E-state index in [0.29, 0.717) is 12.3 Å². The summed E-state index contributed by atoms with van der Waals surface area (Å²) in [5.41, 5.74) is 0. The van der Waals surface area contributed by atoms with Crippen LogP contribution in [0.25, 0.3) is 0 Å². The molecule has 0 aliphatic carbocycles. The summed E-state index contributed by atoms with van der Waals surface area (Å²) < 4.78 is 12.6. The van der Waals surface area contributed by atoms with Gasteiger partial charge in [0.05, 0.1) is 6.04 Å². The zero-order chi connectivity index (χ0) is 11.3. The summed E-state index contributed by atoms with van der Waals surface area (Å²) >= 11 is 0. The smallest absolute Gasteiger partial charge is 0.167 e. The van der Waals surface area contributed by atoms with E-state index in [1.807, 2.05) is 14.0 Å². The Morgan fingerprint density at radius 3 is 2.93 bits per heavy atom. The molecular formula is C8H17N5OS. The number of hydrogen-bond donors (Lipinski definition) is 1. The molecule has 0 bridgehead atoms. The fourth-order valence-electron chi connectivity index (χ4n) is 1.23. The first-order chi connectivity index (χ1) is 7.15. The van der Waals surface area contributed by atoms with Crippen molar-refractivity contribution in [2.75, 3.05) is 19.1 Å². The third-order valence-corrected chi connectivity index (χ3v) is 3.05. The molecule has 2 unspecified atom stereocenters. The van der Waals surface area contributed by atoms with Gasteiger partial charge in [-0.05, 0) is 30.8 Å². The molecule has 0 saturated carbocycles. The third-order valence-electron chi connectivity index (χ3n) is 2.18. The van der Waals surface area contributed by atoms with Crippen molar-refractivity contribution in [3.05, 3.63) is 5.82 Å². The molecule has 1 aromatic heterocycles. The topological polar surface area (TPSA) is 72.7 Å². The van der Waals surface area contributed by atoms with E-state index in [0.717, 1.165) is 12.2 Å². The first kappa shape index (κ1) is 12.3. The van der Waals surface area contributed by atoms with Gasteiger partial charge in [-0.2, -0.15) is 0 Å². The number of hydrogen-bond acceptors (Lipinski definition) is 5. The number of nitrogens with one attached hydrogen (secondary N) is 1. The molecule has 7 heteroatoms. The van der Waals surface area contributed by atoms with Crippen LogP contribution in [-0.2, 0) is 17.3 Å². The lowest BCUT2D eigenvalue weighted by molar-refractivity contribution is 0.507. The SMILES string of the molecule is CNC(C)c1nnnn1CCCS(C)=O. The number of aryl methyl sites for hydroxylation is 1. The minimum absolute atomic E-state index is 0.132. The van der Waals surface area contributed by atoms with Crippen LogP contribution in [0.15, 0.2) is 0 Å². The van der Waals surface area contributed by atoms with E-state index in [4.69, 9.17) is 0 Å². The summed E-state index contributed by atoms with van der Waals surface area (Å²) in [6, 6.07) is 0.132. The Kier molecular flexibility index (Phi) is 4.83. The molecular weight excluding hydrogens is 214 g/mol. The third kappa shape index (κ3) is 3.67. The van der Waals surface area contributed by atoms with Gasteiger partial charge in [-0.1, -0.05) is 0 Å². The molecule has 0 fully saturated rings. The van der Waals surface area contributed by atoms with Crippen molar-refractivity contribution >= 4 is 10.8 Å². The second kappa shape index (κ2) is 5.92. The van der Waals surface area contributed by atoms with Crippen molar-refractivity contribution in [1.29, 1.82) is 0 Å². The van der Waals surface area contributed by atoms with Gasteiger partial charge in [0.2, 0.25) is 0 Å². The van der Waals surface area contributed by atoms with Gasteiger partial charge < -0.3 is 5.32 Å². The molecule has 0 aromatic carbocycles. The van der Waals surface area contributed by atoms with E-state index < -0.39 is 10.8 Å². The van der Waals surface area contributed by atoms with Crippen LogP contribution in [0.1, 0.15) is 25.2 Å². The summed E-state index contributed by atoms with van der Waals surface area (Å²) in [4.78, 5) is 0. The Bertz CT molecular complexity index is 327. The van der Waals surface area contributed by atoms with Gasteiger partial charge in [-0.25, -0.2) is 4.68 Å². The quantitative estimate of drug-likeness (QED) is 0.729. The monoisotopic (exact) mass is 231 g/mol. The second-order valence-electron chi connectivity index (χ2n) is 3.40. The van der Waals surface area contributed by atoms with Crippen molar-refractivity contribution in [2.45, 2.75) is 25.9 Å². The van der Waals surface area contributed by atoms with Crippen LogP contribution in [0.5, 0.6) is 0 Å². The second-order valence-corrected chi connectivity index (χ2v) is 4.96. The molecule has 0 aliphatic rings. The van der Waals surface area contributed by atoms with Crippen LogP contribution in [-0.4, -0.2) is 43.5 Å². The number of rotatable bonds is 6. The molecule has 0 radical (unpaired) electrons. The molecule has 15 heavy (non-hydrogen) atoms. The summed E-state index contributed by atoms with van der Waals surface area (Å²) in [6.45, 7) is 2.72. The van der Waals surface area contributed by atoms with Crippen molar-refractivity contribution in [3.63, 3.8) is 0 Å². The highest BCUT2D eigenvalue weighted by Gasteiger charge is 2.11. The van der Waals surface area contributed by atoms with Crippen LogP contribution >= 0.6 is 0 Å². The summed E-state index contributed by atoms with van der Waals surface area (Å²) in [7, 11) is 1.12. The minimum Gasteiger partial charge on any atom is -0.311 e. The normalized spacial score (nSPS) is 15.1. The molecule has 0 spiro atoms. The molecule has 1 N–H and O–H groups in total. The molecule has 1 rings (SSSR count). The first-order valence-corrected chi connectivity index (χ1v) is 6.61. The number of aromatic nitrogens is 4. The molecule has 1 heterocycles. The summed E-state index contributed by atoms with van der Waals surface area (Å²) in [6.07, 6.45) is 2.54. The zero-order valence-electron chi connectivity index (χ0n) is 9.30. The van der Waals surface area contributed by atoms with Gasteiger partial charge in [0.25, 0.3) is 0 Å². The Balaban J connectivity index is 2.53. The lowest BCUT2D eigenvalue weighted by Gasteiger charge is -2.09. The molecule has 0 aliphatic heterocycles. The van der Waals surface area contributed by atoms with Crippen LogP contribution in [0, 0.1) is 0 Å². The van der Waals surface area contributed by atoms with E-state index in [9.17, 15) is 4.21 Å². The summed E-state index contributed by atoms with van der Waals surface area (Å²) in [5.74, 6) is 1.51. The van der Waals surface area contributed by atoms with Crippen LogP contribution in [0.2, 0.25) is 0 Å². The van der Waals surface area contributed by atoms with Crippen LogP contribution < -0.4 is 5.32 Å². The van der Waals surface area contributed by atoms with E-state index >= 15 is 0 Å². The average Bonchev–Trinajstić information content (AvgIpc) is 2.64. The Labute approximate surface area is 91.9 Å². The molecule has 86 valence electrons. The fraction of sp³-hybridized carbons (Fsp3) is 0.875. The van der Waals surface area contributed by atoms with E-state index in [-0.39, 0.29) is 6.04 Å². The van der Waals surface area contributed by atoms with E-state index in [1.165, 1.54) is 0 Å². The highest BCUT2D eigenvalue weighted by molar-refractivity contribution is 7.84. The van der Waals surface area contributed by atoms with E-state index in [2.05, 4.69) is 20.8 Å². The number of tetrazole rings is 1. The predicted octanol–water partition coefficient (Wildman–Crippen LogP) is -0.278. The van der Waals surface area contributed by atoms with Gasteiger partial charge in [0, 0.05) is 29.4 Å². The van der Waals surface area contributed by atoms with Gasteiger partial charge in [0.15, 0.2) is 5.82 Å². The standard InChI is InChI=1S/C8H17N5OS/c1-7(9-2)8-10-11-12-13(8)5-4-6-15(3)14/h7,9H,4-6H2,1-3H3. The van der Waals surface area contributed by atoms with Crippen molar-refractivity contribution < 1.29 is 4.21 Å². The predicted molar refractivity (Wildman–Crippen MR) is 58.8 cm³/mol. The van der Waals surface area contributed by atoms with Crippen molar-refractivity contribution in [1.82, 2.24) is 25.5 Å².